The fraction of sp³-hybridized carbons (Fsp3) is 0.288. The van der Waals surface area contributed by atoms with Gasteiger partial charge in [0.05, 0.1) is 33.5 Å². The number of ether oxygens (including phenoxy) is 1. The van der Waals surface area contributed by atoms with E-state index in [0.29, 0.717) is 105 Å². The number of esters is 1. The van der Waals surface area contributed by atoms with Crippen molar-refractivity contribution in [2.75, 3.05) is 71.4 Å². The van der Waals surface area contributed by atoms with E-state index < -0.39 is 59.2 Å². The average molecular weight is 1190 g/mol. The van der Waals surface area contributed by atoms with Crippen LogP contribution >= 0.6 is 23.4 Å². The number of carboxylic acids is 1. The van der Waals surface area contributed by atoms with Gasteiger partial charge in [0, 0.05) is 102 Å². The highest BCUT2D eigenvalue weighted by Gasteiger charge is 2.48. The number of aliphatic hydroxyl groups excluding tert-OH is 1. The lowest BCUT2D eigenvalue weighted by Crippen LogP contribution is -2.46. The van der Waals surface area contributed by atoms with E-state index in [1.54, 1.807) is 24.3 Å². The summed E-state index contributed by atoms with van der Waals surface area (Å²) in [5.41, 5.74) is -0.218. The van der Waals surface area contributed by atoms with E-state index in [0.717, 1.165) is 45.2 Å². The number of aliphatic hydroxyl groups is 1. The molecule has 81 heavy (non-hydrogen) atoms. The number of halogens is 4. The number of nitrogens with zero attached hydrogens (tertiary/aromatic N) is 4. The third-order valence-electron chi connectivity index (χ3n) is 14.5. The lowest BCUT2D eigenvalue weighted by Gasteiger charge is -2.37. The minimum Gasteiger partial charge on any atom is -0.478 e. The zero-order chi connectivity index (χ0) is 57.6. The minimum atomic E-state index is -6.05. The van der Waals surface area contributed by atoms with Crippen LogP contribution in [0, 0.1) is 6.92 Å². The zero-order valence-corrected chi connectivity index (χ0v) is 47.5. The number of carbonyl (C=O) groups is 2. The van der Waals surface area contributed by atoms with Gasteiger partial charge in [0.1, 0.15) is 10.6 Å². The molecule has 4 N–H and O–H groups in total. The maximum atomic E-state index is 14.4. The number of sulfonamides is 1. The highest BCUT2D eigenvalue weighted by molar-refractivity contribution is 7.99. The van der Waals surface area contributed by atoms with Gasteiger partial charge in [0.25, 0.3) is 19.9 Å². The van der Waals surface area contributed by atoms with Crippen LogP contribution in [0.5, 0.6) is 5.75 Å². The monoisotopic (exact) mass is 1180 g/mol. The topological polar surface area (TPSA) is 191 Å². The number of sulfone groups is 1. The first-order valence-corrected chi connectivity index (χ1v) is 30.6. The number of likely N-dealkylation sites (tertiary alicyclic amines) is 1. The van der Waals surface area contributed by atoms with Crippen LogP contribution in [0.2, 0.25) is 5.02 Å². The van der Waals surface area contributed by atoms with Crippen molar-refractivity contribution < 1.29 is 54.5 Å². The summed E-state index contributed by atoms with van der Waals surface area (Å²) in [5, 5.41) is 23.0. The summed E-state index contributed by atoms with van der Waals surface area (Å²) in [4.78, 5) is 31.3. The van der Waals surface area contributed by atoms with Gasteiger partial charge in [0.2, 0.25) is 0 Å². The maximum Gasteiger partial charge on any atom is 0.501 e. The Hall–Kier alpha value is -7.01. The van der Waals surface area contributed by atoms with Gasteiger partial charge in [-0.2, -0.15) is 13.2 Å². The Kier molecular flexibility index (Phi) is 18.1. The smallest absolute Gasteiger partial charge is 0.478 e. The fourth-order valence-electron chi connectivity index (χ4n) is 10.2. The van der Waals surface area contributed by atoms with Crippen LogP contribution in [-0.4, -0.2) is 118 Å². The molecule has 1 aromatic heterocycles. The van der Waals surface area contributed by atoms with Crippen molar-refractivity contribution in [3.63, 3.8) is 0 Å². The molecule has 6 aromatic carbocycles. The molecule has 0 unspecified atom stereocenters. The van der Waals surface area contributed by atoms with Crippen molar-refractivity contribution >= 4 is 77.9 Å². The summed E-state index contributed by atoms with van der Waals surface area (Å²) in [6.07, 6.45) is 1.20. The standard InChI is InChI=1S/C59H60ClF3N6O9S3/c1-3-69-39(2)54(58(73)78-49-22-14-41(15-23-49)57(71)72)55(56(69)40-12-16-43(60)17-13-40)42-8-7-9-47(36-42)68-34-32-67(33-35-68)46-20-18-44(19-21-46)65-81(76,77)51-24-25-52(53(37-51)80(74,75)59(61,62)63)64-45(38-79-50-10-5-4-6-11-50)26-29-66-30-27-48(70)28-31-66/h4-25,36-37,45,48,64-65,70H,3,26-35,38H2,1-2H3,(H,71,72)/t45-/m1/s1. The van der Waals surface area contributed by atoms with E-state index in [2.05, 4.69) is 29.3 Å². The molecule has 0 saturated carbocycles. The first-order valence-electron chi connectivity index (χ1n) is 26.3. The predicted molar refractivity (Wildman–Crippen MR) is 311 cm³/mol. The molecule has 0 aliphatic carbocycles. The Balaban J connectivity index is 0.904. The van der Waals surface area contributed by atoms with Gasteiger partial charge in [-0.3, -0.25) is 4.72 Å². The zero-order valence-electron chi connectivity index (χ0n) is 44.3. The van der Waals surface area contributed by atoms with E-state index >= 15 is 0 Å². The summed E-state index contributed by atoms with van der Waals surface area (Å²) in [6.45, 7) is 8.49. The van der Waals surface area contributed by atoms with Crippen molar-refractivity contribution in [2.24, 2.45) is 0 Å². The first-order chi connectivity index (χ1) is 38.7. The highest BCUT2D eigenvalue weighted by atomic mass is 35.5. The summed E-state index contributed by atoms with van der Waals surface area (Å²) in [5.74, 6) is -1.17. The molecule has 15 nitrogen and oxygen atoms in total. The molecule has 0 spiro atoms. The summed E-state index contributed by atoms with van der Waals surface area (Å²) < 4.78 is 108. The number of aromatic nitrogens is 1. The van der Waals surface area contributed by atoms with Crippen molar-refractivity contribution in [3.05, 3.63) is 167 Å². The Morgan fingerprint density at radius 3 is 2.06 bits per heavy atom. The average Bonchev–Trinajstić information content (AvgIpc) is 3.53. The Morgan fingerprint density at radius 1 is 0.778 bits per heavy atom. The molecular weight excluding hydrogens is 1130 g/mol. The van der Waals surface area contributed by atoms with Gasteiger partial charge in [-0.05, 0) is 147 Å². The van der Waals surface area contributed by atoms with Crippen molar-refractivity contribution in [1.29, 1.82) is 0 Å². The third kappa shape index (κ3) is 13.7. The van der Waals surface area contributed by atoms with E-state index in [4.69, 9.17) is 16.3 Å². The molecule has 2 fully saturated rings. The first kappa shape index (κ1) is 58.6. The van der Waals surface area contributed by atoms with Gasteiger partial charge >= 0.3 is 17.4 Å². The van der Waals surface area contributed by atoms with Crippen LogP contribution in [0.15, 0.2) is 160 Å². The largest absolute Gasteiger partial charge is 0.501 e. The van der Waals surface area contributed by atoms with Gasteiger partial charge < -0.3 is 39.5 Å². The minimum absolute atomic E-state index is 0.0521. The second-order valence-corrected chi connectivity index (χ2v) is 24.9. The molecule has 2 aliphatic rings. The number of hydrogen-bond acceptors (Lipinski definition) is 13. The molecule has 3 heterocycles. The number of thioether (sulfide) groups is 1. The molecule has 22 heteroatoms. The molecule has 426 valence electrons. The number of rotatable bonds is 20. The van der Waals surface area contributed by atoms with Crippen LogP contribution in [0.1, 0.15) is 52.6 Å². The van der Waals surface area contributed by atoms with Gasteiger partial charge in [0.15, 0.2) is 0 Å². The quantitative estimate of drug-likeness (QED) is 0.0320. The van der Waals surface area contributed by atoms with Crippen LogP contribution in [0.3, 0.4) is 0 Å². The Labute approximate surface area is 478 Å². The van der Waals surface area contributed by atoms with E-state index in [-0.39, 0.29) is 22.7 Å². The molecule has 0 amide bonds. The number of carboxylic acid groups (broad SMARTS) is 1. The van der Waals surface area contributed by atoms with Gasteiger partial charge in [-0.1, -0.05) is 54.1 Å². The van der Waals surface area contributed by atoms with Gasteiger partial charge in [-0.25, -0.2) is 26.4 Å². The number of carbonyl (C=O) groups excluding carboxylic acids is 1. The van der Waals surface area contributed by atoms with Crippen LogP contribution in [0.25, 0.3) is 22.4 Å². The summed E-state index contributed by atoms with van der Waals surface area (Å²) in [6, 6.07) is 38.9. The number of piperazine rings is 1. The Morgan fingerprint density at radius 2 is 1.43 bits per heavy atom. The number of alkyl halides is 3. The van der Waals surface area contributed by atoms with Gasteiger partial charge in [-0.15, -0.1) is 11.8 Å². The van der Waals surface area contributed by atoms with Crippen LogP contribution in [-0.2, 0) is 26.4 Å². The highest BCUT2D eigenvalue weighted by Crippen LogP contribution is 2.42. The number of benzene rings is 6. The SMILES string of the molecule is CCn1c(C)c(C(=O)Oc2ccc(C(=O)O)cc2)c(-c2cccc(N3CCN(c4ccc(NS(=O)(=O)c5ccc(N[C@H](CCN6CCC(O)CC6)CSc6ccccc6)c(S(=O)(=O)C(F)(F)F)c5)cc4)CC3)c2)c1-c1ccc(Cl)cc1. The van der Waals surface area contributed by atoms with Crippen molar-refractivity contribution in [3.8, 4) is 28.1 Å². The molecule has 1 atom stereocenters. The summed E-state index contributed by atoms with van der Waals surface area (Å²) >= 11 is 7.77. The number of aromatic carboxylic acids is 1. The molecule has 2 aliphatic heterocycles. The third-order valence-corrected chi connectivity index (χ3v) is 18.8. The number of piperidine rings is 1. The van der Waals surface area contributed by atoms with Crippen molar-refractivity contribution in [2.45, 2.75) is 72.0 Å². The second-order valence-electron chi connectivity index (χ2n) is 19.8. The molecular formula is C59H60ClF3N6O9S3. The predicted octanol–water partition coefficient (Wildman–Crippen LogP) is 11.6. The van der Waals surface area contributed by atoms with E-state index in [1.807, 2.05) is 80.6 Å². The second kappa shape index (κ2) is 25.0. The molecule has 7 aromatic rings. The molecule has 0 radical (unpaired) electrons. The lowest BCUT2D eigenvalue weighted by atomic mass is 9.96. The van der Waals surface area contributed by atoms with Crippen molar-refractivity contribution in [1.82, 2.24) is 9.47 Å². The fourth-order valence-corrected chi connectivity index (χ4v) is 13.4. The number of anilines is 4. The maximum absolute atomic E-state index is 14.4. The van der Waals surface area contributed by atoms with Crippen LogP contribution < -0.4 is 24.6 Å². The molecule has 2 saturated heterocycles. The summed E-state index contributed by atoms with van der Waals surface area (Å²) in [7, 11) is -10.7. The van der Waals surface area contributed by atoms with E-state index in [1.165, 1.54) is 48.2 Å². The number of hydrogen-bond donors (Lipinski definition) is 4. The molecule has 0 bridgehead atoms. The Bertz CT molecular complexity index is 3600. The van der Waals surface area contributed by atoms with Crippen LogP contribution in [0.4, 0.5) is 35.9 Å². The molecule has 9 rings (SSSR count). The number of nitrogens with one attached hydrogen (secondary N) is 2. The van der Waals surface area contributed by atoms with E-state index in [9.17, 15) is 49.8 Å². The normalized spacial score (nSPS) is 15.1. The lowest BCUT2D eigenvalue weighted by molar-refractivity contribution is -0.0436.